The average molecular weight is 443 g/mol. The Morgan fingerprint density at radius 3 is 2.39 bits per heavy atom. The lowest BCUT2D eigenvalue weighted by Gasteiger charge is -2.18. The Labute approximate surface area is 195 Å². The minimum atomic E-state index is -0.0830. The SMILES string of the molecule is COCCNC(=O)C[C@H](c1ccc(OC)cc1)c1cn(Cc2ccccc2)c2ccccc12. The van der Waals surface area contributed by atoms with Gasteiger partial charge in [0.2, 0.25) is 5.91 Å². The highest BCUT2D eigenvalue weighted by Gasteiger charge is 2.23. The molecule has 0 radical (unpaired) electrons. The molecule has 0 aliphatic carbocycles. The summed E-state index contributed by atoms with van der Waals surface area (Å²) < 4.78 is 12.7. The number of methoxy groups -OCH3 is 2. The van der Waals surface area contributed by atoms with Crippen LogP contribution in [-0.2, 0) is 16.1 Å². The topological polar surface area (TPSA) is 52.5 Å². The van der Waals surface area contributed by atoms with Crippen LogP contribution in [0.25, 0.3) is 10.9 Å². The summed E-state index contributed by atoms with van der Waals surface area (Å²) in [5.74, 6) is 0.724. The maximum absolute atomic E-state index is 12.8. The normalized spacial score (nSPS) is 11.9. The number of benzene rings is 3. The van der Waals surface area contributed by atoms with Gasteiger partial charge in [0, 0.05) is 49.6 Å². The second-order valence-electron chi connectivity index (χ2n) is 8.09. The molecule has 1 heterocycles. The number of carbonyl (C=O) groups excluding carboxylic acids is 1. The molecule has 5 heteroatoms. The number of para-hydroxylation sites is 1. The third-order valence-electron chi connectivity index (χ3n) is 5.93. The molecule has 170 valence electrons. The molecule has 3 aromatic carbocycles. The van der Waals surface area contributed by atoms with Crippen LogP contribution >= 0.6 is 0 Å². The van der Waals surface area contributed by atoms with E-state index < -0.39 is 0 Å². The van der Waals surface area contributed by atoms with Gasteiger partial charge >= 0.3 is 0 Å². The summed E-state index contributed by atoms with van der Waals surface area (Å²) in [5.41, 5.74) is 4.63. The summed E-state index contributed by atoms with van der Waals surface area (Å²) in [4.78, 5) is 12.8. The molecular weight excluding hydrogens is 412 g/mol. The van der Waals surface area contributed by atoms with Crippen molar-refractivity contribution in [2.24, 2.45) is 0 Å². The molecule has 0 saturated heterocycles. The van der Waals surface area contributed by atoms with E-state index in [1.165, 1.54) is 10.9 Å². The van der Waals surface area contributed by atoms with E-state index in [1.54, 1.807) is 14.2 Å². The molecule has 0 spiro atoms. The number of ether oxygens (including phenoxy) is 2. The fraction of sp³-hybridized carbons (Fsp3) is 0.250. The molecule has 0 unspecified atom stereocenters. The maximum atomic E-state index is 12.8. The van der Waals surface area contributed by atoms with Gasteiger partial charge in [0.25, 0.3) is 0 Å². The predicted molar refractivity (Wildman–Crippen MR) is 132 cm³/mol. The minimum absolute atomic E-state index is 0.00718. The third kappa shape index (κ3) is 5.44. The number of nitrogens with zero attached hydrogens (tertiary/aromatic N) is 1. The van der Waals surface area contributed by atoms with Gasteiger partial charge in [0.15, 0.2) is 0 Å². The Bertz CT molecular complexity index is 1180. The number of nitrogens with one attached hydrogen (secondary N) is 1. The van der Waals surface area contributed by atoms with Crippen molar-refractivity contribution in [1.82, 2.24) is 9.88 Å². The standard InChI is InChI=1S/C28H30N2O3/c1-32-17-16-29-28(31)18-25(22-12-14-23(33-2)15-13-22)26-20-30(19-21-8-4-3-5-9-21)27-11-7-6-10-24(26)27/h3-15,20,25H,16-19H2,1-2H3,(H,29,31)/t25-/m1/s1. The van der Waals surface area contributed by atoms with Gasteiger partial charge in [-0.2, -0.15) is 0 Å². The van der Waals surface area contributed by atoms with Crippen LogP contribution in [0.1, 0.15) is 29.0 Å². The number of hydrogen-bond acceptors (Lipinski definition) is 3. The Balaban J connectivity index is 1.73. The number of hydrogen-bond donors (Lipinski definition) is 1. The number of amides is 1. The van der Waals surface area contributed by atoms with Gasteiger partial charge in [0.05, 0.1) is 13.7 Å². The van der Waals surface area contributed by atoms with Crippen LogP contribution in [0, 0.1) is 0 Å². The smallest absolute Gasteiger partial charge is 0.221 e. The molecule has 0 fully saturated rings. The second kappa shape index (κ2) is 10.8. The fourth-order valence-corrected chi connectivity index (χ4v) is 4.26. The number of rotatable bonds is 10. The zero-order valence-electron chi connectivity index (χ0n) is 19.2. The molecule has 0 saturated carbocycles. The molecule has 4 rings (SSSR count). The van der Waals surface area contributed by atoms with E-state index >= 15 is 0 Å². The molecule has 0 aliphatic heterocycles. The summed E-state index contributed by atoms with van der Waals surface area (Å²) in [7, 11) is 3.29. The van der Waals surface area contributed by atoms with Crippen molar-refractivity contribution in [3.05, 3.63) is 102 Å². The van der Waals surface area contributed by atoms with Gasteiger partial charge in [-0.05, 0) is 34.9 Å². The van der Waals surface area contributed by atoms with Crippen molar-refractivity contribution in [1.29, 1.82) is 0 Å². The molecule has 1 amide bonds. The molecule has 1 N–H and O–H groups in total. The van der Waals surface area contributed by atoms with E-state index in [0.717, 1.165) is 28.9 Å². The van der Waals surface area contributed by atoms with Gasteiger partial charge in [-0.25, -0.2) is 0 Å². The van der Waals surface area contributed by atoms with E-state index in [9.17, 15) is 4.79 Å². The quantitative estimate of drug-likeness (QED) is 0.352. The summed E-state index contributed by atoms with van der Waals surface area (Å²) in [6.07, 6.45) is 2.56. The Kier molecular flexibility index (Phi) is 7.43. The molecule has 5 nitrogen and oxygen atoms in total. The number of aromatic nitrogens is 1. The first kappa shape index (κ1) is 22.6. The van der Waals surface area contributed by atoms with Crippen molar-refractivity contribution in [2.45, 2.75) is 18.9 Å². The van der Waals surface area contributed by atoms with E-state index in [1.807, 2.05) is 18.2 Å². The van der Waals surface area contributed by atoms with E-state index in [0.29, 0.717) is 19.6 Å². The minimum Gasteiger partial charge on any atom is -0.497 e. The monoisotopic (exact) mass is 442 g/mol. The van der Waals surface area contributed by atoms with Crippen LogP contribution in [0.5, 0.6) is 5.75 Å². The fourth-order valence-electron chi connectivity index (χ4n) is 4.26. The van der Waals surface area contributed by atoms with Gasteiger partial charge < -0.3 is 19.4 Å². The van der Waals surface area contributed by atoms with Gasteiger partial charge in [0.1, 0.15) is 5.75 Å². The predicted octanol–water partition coefficient (Wildman–Crippen LogP) is 4.98. The maximum Gasteiger partial charge on any atom is 0.221 e. The first-order chi connectivity index (χ1) is 16.2. The van der Waals surface area contributed by atoms with Crippen molar-refractivity contribution in [3.63, 3.8) is 0 Å². The number of fused-ring (bicyclic) bond motifs is 1. The van der Waals surface area contributed by atoms with Crippen LogP contribution in [0.2, 0.25) is 0 Å². The van der Waals surface area contributed by atoms with Gasteiger partial charge in [-0.15, -0.1) is 0 Å². The van der Waals surface area contributed by atoms with Crippen LogP contribution in [-0.4, -0.2) is 37.8 Å². The zero-order chi connectivity index (χ0) is 23.0. The summed E-state index contributed by atoms with van der Waals surface area (Å²) in [5, 5.41) is 4.14. The molecular formula is C28H30N2O3. The molecule has 4 aromatic rings. The van der Waals surface area contributed by atoms with E-state index in [-0.39, 0.29) is 11.8 Å². The van der Waals surface area contributed by atoms with Crippen LogP contribution in [0.4, 0.5) is 0 Å². The molecule has 1 aromatic heterocycles. The summed E-state index contributed by atoms with van der Waals surface area (Å²) in [6, 6.07) is 26.8. The van der Waals surface area contributed by atoms with Crippen molar-refractivity contribution >= 4 is 16.8 Å². The lowest BCUT2D eigenvalue weighted by atomic mass is 9.88. The molecule has 0 bridgehead atoms. The van der Waals surface area contributed by atoms with Crippen LogP contribution in [0.3, 0.4) is 0 Å². The summed E-state index contributed by atoms with van der Waals surface area (Å²) in [6.45, 7) is 1.77. The van der Waals surface area contributed by atoms with Crippen LogP contribution in [0.15, 0.2) is 85.1 Å². The van der Waals surface area contributed by atoms with E-state index in [2.05, 4.69) is 76.7 Å². The Morgan fingerprint density at radius 2 is 1.67 bits per heavy atom. The second-order valence-corrected chi connectivity index (χ2v) is 8.09. The Hall–Kier alpha value is -3.57. The third-order valence-corrected chi connectivity index (χ3v) is 5.93. The Morgan fingerprint density at radius 1 is 0.939 bits per heavy atom. The lowest BCUT2D eigenvalue weighted by Crippen LogP contribution is -2.28. The van der Waals surface area contributed by atoms with Crippen molar-refractivity contribution < 1.29 is 14.3 Å². The first-order valence-corrected chi connectivity index (χ1v) is 11.2. The summed E-state index contributed by atoms with van der Waals surface area (Å²) >= 11 is 0. The first-order valence-electron chi connectivity index (χ1n) is 11.2. The van der Waals surface area contributed by atoms with Gasteiger partial charge in [-0.3, -0.25) is 4.79 Å². The molecule has 1 atom stereocenters. The lowest BCUT2D eigenvalue weighted by molar-refractivity contribution is -0.121. The highest BCUT2D eigenvalue weighted by molar-refractivity contribution is 5.86. The highest BCUT2D eigenvalue weighted by Crippen LogP contribution is 2.35. The highest BCUT2D eigenvalue weighted by atomic mass is 16.5. The van der Waals surface area contributed by atoms with Crippen molar-refractivity contribution in [2.75, 3.05) is 27.4 Å². The zero-order valence-corrected chi connectivity index (χ0v) is 19.2. The van der Waals surface area contributed by atoms with Gasteiger partial charge in [-0.1, -0.05) is 60.7 Å². The molecule has 0 aliphatic rings. The van der Waals surface area contributed by atoms with Crippen LogP contribution < -0.4 is 10.1 Å². The van der Waals surface area contributed by atoms with E-state index in [4.69, 9.17) is 9.47 Å². The largest absolute Gasteiger partial charge is 0.497 e. The molecule has 33 heavy (non-hydrogen) atoms. The number of carbonyl (C=O) groups is 1. The van der Waals surface area contributed by atoms with Crippen molar-refractivity contribution in [3.8, 4) is 5.75 Å². The average Bonchev–Trinajstić information content (AvgIpc) is 3.21.